The summed E-state index contributed by atoms with van der Waals surface area (Å²) >= 11 is 0. The van der Waals surface area contributed by atoms with Crippen molar-refractivity contribution in [2.45, 2.75) is 13.8 Å². The summed E-state index contributed by atoms with van der Waals surface area (Å²) in [4.78, 5) is 8.03. The van der Waals surface area contributed by atoms with Gasteiger partial charge >= 0.3 is 0 Å². The average Bonchev–Trinajstić information content (AvgIpc) is 2.16. The molecule has 84 valence electrons. The van der Waals surface area contributed by atoms with Crippen molar-refractivity contribution < 1.29 is 8.78 Å². The summed E-state index contributed by atoms with van der Waals surface area (Å²) < 4.78 is 25.3. The summed E-state index contributed by atoms with van der Waals surface area (Å²) in [5.74, 6) is -0.947. The summed E-state index contributed by atoms with van der Waals surface area (Å²) in [5, 5.41) is 0. The van der Waals surface area contributed by atoms with Crippen LogP contribution in [0.25, 0.3) is 0 Å². The van der Waals surface area contributed by atoms with E-state index < -0.39 is 5.83 Å². The normalized spacial score (nSPS) is 12.8. The van der Waals surface area contributed by atoms with Crippen molar-refractivity contribution in [3.63, 3.8) is 0 Å². The molecule has 0 bridgehead atoms. The largest absolute Gasteiger partial charge is 0.256 e. The Morgan fingerprint density at radius 2 is 2.19 bits per heavy atom. The van der Waals surface area contributed by atoms with Crippen molar-refractivity contribution in [1.82, 2.24) is 4.98 Å². The third kappa shape index (κ3) is 3.73. The van der Waals surface area contributed by atoms with Gasteiger partial charge in [0, 0.05) is 18.0 Å². The lowest BCUT2D eigenvalue weighted by Gasteiger charge is -2.00. The van der Waals surface area contributed by atoms with Gasteiger partial charge in [-0.05, 0) is 26.0 Å². The molecule has 0 amide bonds. The second-order valence-corrected chi connectivity index (χ2v) is 3.29. The van der Waals surface area contributed by atoms with Crippen LogP contribution in [-0.4, -0.2) is 10.7 Å². The maximum Gasteiger partial charge on any atom is 0.126 e. The standard InChI is InChI=1S/C12H12F2N2/c1-8(13)6-9(2)16-10(3)12-7-11(14)4-5-15-12/h4-7H,1H2,2-3H3/b9-6+,16-10+. The number of nitrogens with zero attached hydrogens (tertiary/aromatic N) is 2. The Labute approximate surface area is 93.1 Å². The molecule has 0 radical (unpaired) electrons. The number of allylic oxidation sites excluding steroid dienone is 3. The van der Waals surface area contributed by atoms with Crippen LogP contribution < -0.4 is 0 Å². The lowest BCUT2D eigenvalue weighted by molar-refractivity contribution is 0.625. The fourth-order valence-electron chi connectivity index (χ4n) is 1.18. The summed E-state index contributed by atoms with van der Waals surface area (Å²) in [6.07, 6.45) is 2.56. The van der Waals surface area contributed by atoms with E-state index in [9.17, 15) is 8.78 Å². The van der Waals surface area contributed by atoms with Crippen LogP contribution in [0.1, 0.15) is 19.5 Å². The number of rotatable bonds is 3. The third-order valence-electron chi connectivity index (χ3n) is 1.80. The minimum atomic E-state index is -0.568. The molecule has 16 heavy (non-hydrogen) atoms. The topological polar surface area (TPSA) is 25.2 Å². The number of hydrogen-bond acceptors (Lipinski definition) is 2. The summed E-state index contributed by atoms with van der Waals surface area (Å²) in [6, 6.07) is 2.53. The van der Waals surface area contributed by atoms with Crippen LogP contribution in [0.4, 0.5) is 8.78 Å². The van der Waals surface area contributed by atoms with E-state index in [0.29, 0.717) is 17.1 Å². The Balaban J connectivity index is 2.98. The van der Waals surface area contributed by atoms with Crippen molar-refractivity contribution in [3.05, 3.63) is 54.0 Å². The average molecular weight is 222 g/mol. The molecule has 0 saturated carbocycles. The second-order valence-electron chi connectivity index (χ2n) is 3.29. The van der Waals surface area contributed by atoms with Crippen LogP contribution in [0, 0.1) is 5.82 Å². The molecule has 0 N–H and O–H groups in total. The van der Waals surface area contributed by atoms with Gasteiger partial charge < -0.3 is 0 Å². The molecule has 1 aromatic heterocycles. The first-order chi connectivity index (χ1) is 7.49. The summed E-state index contributed by atoms with van der Waals surface area (Å²) in [5.41, 5.74) is 1.41. The van der Waals surface area contributed by atoms with Gasteiger partial charge in [-0.25, -0.2) is 8.78 Å². The van der Waals surface area contributed by atoms with Gasteiger partial charge in [-0.3, -0.25) is 9.98 Å². The number of aromatic nitrogens is 1. The molecule has 0 aromatic carbocycles. The van der Waals surface area contributed by atoms with Gasteiger partial charge in [0.05, 0.1) is 11.4 Å². The smallest absolute Gasteiger partial charge is 0.126 e. The van der Waals surface area contributed by atoms with E-state index in [0.717, 1.165) is 0 Å². The molecule has 0 aliphatic heterocycles. The molecule has 0 saturated heterocycles. The zero-order valence-electron chi connectivity index (χ0n) is 9.17. The van der Waals surface area contributed by atoms with E-state index in [2.05, 4.69) is 16.6 Å². The molecule has 1 aromatic rings. The molecule has 1 heterocycles. The molecule has 0 fully saturated rings. The van der Waals surface area contributed by atoms with Gasteiger partial charge in [0.2, 0.25) is 0 Å². The highest BCUT2D eigenvalue weighted by Gasteiger charge is 2.00. The van der Waals surface area contributed by atoms with Gasteiger partial charge in [-0.1, -0.05) is 6.58 Å². The third-order valence-corrected chi connectivity index (χ3v) is 1.80. The van der Waals surface area contributed by atoms with Crippen LogP contribution in [0.15, 0.2) is 47.5 Å². The highest BCUT2D eigenvalue weighted by Crippen LogP contribution is 2.07. The first-order valence-electron chi connectivity index (χ1n) is 4.69. The molecule has 4 heteroatoms. The quantitative estimate of drug-likeness (QED) is 0.568. The SMILES string of the molecule is C=C(F)/C=C(C)/N=C(\C)c1cc(F)ccn1. The zero-order valence-corrected chi connectivity index (χ0v) is 9.17. The minimum Gasteiger partial charge on any atom is -0.256 e. The molecule has 0 unspecified atom stereocenters. The number of hydrogen-bond donors (Lipinski definition) is 0. The van der Waals surface area contributed by atoms with Gasteiger partial charge in [-0.2, -0.15) is 0 Å². The highest BCUT2D eigenvalue weighted by molar-refractivity contribution is 5.97. The van der Waals surface area contributed by atoms with E-state index in [-0.39, 0.29) is 5.82 Å². The van der Waals surface area contributed by atoms with Gasteiger partial charge in [0.25, 0.3) is 0 Å². The van der Waals surface area contributed by atoms with Crippen LogP contribution in [0.3, 0.4) is 0 Å². The Hall–Kier alpha value is -1.84. The highest BCUT2D eigenvalue weighted by atomic mass is 19.1. The van der Waals surface area contributed by atoms with Crippen LogP contribution >= 0.6 is 0 Å². The first-order valence-corrected chi connectivity index (χ1v) is 4.69. The fourth-order valence-corrected chi connectivity index (χ4v) is 1.18. The van der Waals surface area contributed by atoms with E-state index in [1.54, 1.807) is 13.8 Å². The minimum absolute atomic E-state index is 0.379. The predicted octanol–water partition coefficient (Wildman–Crippen LogP) is 3.42. The summed E-state index contributed by atoms with van der Waals surface area (Å²) in [7, 11) is 0. The van der Waals surface area contributed by atoms with Crippen molar-refractivity contribution >= 4 is 5.71 Å². The zero-order chi connectivity index (χ0) is 12.1. The molecule has 0 aliphatic rings. The van der Waals surface area contributed by atoms with Gasteiger partial charge in [0.15, 0.2) is 0 Å². The Morgan fingerprint density at radius 3 is 2.75 bits per heavy atom. The Morgan fingerprint density at radius 1 is 1.50 bits per heavy atom. The van der Waals surface area contributed by atoms with Crippen LogP contribution in [-0.2, 0) is 0 Å². The molecule has 0 spiro atoms. The molecular formula is C12H12F2N2. The second kappa shape index (κ2) is 5.30. The van der Waals surface area contributed by atoms with E-state index in [4.69, 9.17) is 0 Å². The number of halogens is 2. The Kier molecular flexibility index (Phi) is 4.05. The van der Waals surface area contributed by atoms with E-state index in [1.165, 1.54) is 24.4 Å². The van der Waals surface area contributed by atoms with E-state index >= 15 is 0 Å². The molecule has 0 atom stereocenters. The van der Waals surface area contributed by atoms with Crippen LogP contribution in [0.5, 0.6) is 0 Å². The molecule has 1 rings (SSSR count). The molecule has 0 aliphatic carbocycles. The van der Waals surface area contributed by atoms with Crippen molar-refractivity contribution in [1.29, 1.82) is 0 Å². The maximum atomic E-state index is 12.9. The number of aliphatic imine (C=N–C) groups is 1. The monoisotopic (exact) mass is 222 g/mol. The lowest BCUT2D eigenvalue weighted by Crippen LogP contribution is -1.99. The van der Waals surface area contributed by atoms with Gasteiger partial charge in [0.1, 0.15) is 11.6 Å². The predicted molar refractivity (Wildman–Crippen MR) is 60.4 cm³/mol. The number of pyridine rings is 1. The van der Waals surface area contributed by atoms with Crippen molar-refractivity contribution in [2.75, 3.05) is 0 Å². The Bertz CT molecular complexity index is 462. The van der Waals surface area contributed by atoms with E-state index in [1.807, 2.05) is 0 Å². The fraction of sp³-hybridized carbons (Fsp3) is 0.167. The maximum absolute atomic E-state index is 12.9. The lowest BCUT2D eigenvalue weighted by atomic mass is 10.2. The van der Waals surface area contributed by atoms with Crippen molar-refractivity contribution in [3.8, 4) is 0 Å². The molecule has 2 nitrogen and oxygen atoms in total. The molecular weight excluding hydrogens is 210 g/mol. The van der Waals surface area contributed by atoms with Crippen molar-refractivity contribution in [2.24, 2.45) is 4.99 Å². The first kappa shape index (κ1) is 12.2. The summed E-state index contributed by atoms with van der Waals surface area (Å²) in [6.45, 7) is 6.41. The van der Waals surface area contributed by atoms with Gasteiger partial charge in [-0.15, -0.1) is 0 Å². The van der Waals surface area contributed by atoms with Crippen LogP contribution in [0.2, 0.25) is 0 Å².